The van der Waals surface area contributed by atoms with Gasteiger partial charge < -0.3 is 51.5 Å². The molecule has 6 atom stereocenters. The highest BCUT2D eigenvalue weighted by Gasteiger charge is 2.54. The van der Waals surface area contributed by atoms with Gasteiger partial charge in [0.25, 0.3) is 0 Å². The molecule has 2 fully saturated rings. The van der Waals surface area contributed by atoms with Gasteiger partial charge in [-0.2, -0.15) is 0 Å². The molecule has 2 aromatic rings. The summed E-state index contributed by atoms with van der Waals surface area (Å²) in [5.41, 5.74) is -0.553. The Balaban J connectivity index is 1.48. The van der Waals surface area contributed by atoms with Crippen LogP contribution >= 0.6 is 0 Å². The van der Waals surface area contributed by atoms with E-state index in [-0.39, 0.29) is 32.4 Å². The lowest BCUT2D eigenvalue weighted by atomic mass is 10.0. The van der Waals surface area contributed by atoms with Crippen molar-refractivity contribution in [1.29, 1.82) is 0 Å². The van der Waals surface area contributed by atoms with Crippen LogP contribution in [0.3, 0.4) is 0 Å². The lowest BCUT2D eigenvalue weighted by molar-refractivity contribution is -0.146. The number of rotatable bonds is 20. The third-order valence-corrected chi connectivity index (χ3v) is 10.1. The van der Waals surface area contributed by atoms with Gasteiger partial charge in [-0.15, -0.1) is 0 Å². The fraction of sp³-hybridized carbons (Fsp3) is 0.513. The number of carbonyl (C=O) groups is 9. The Bertz CT molecular complexity index is 1910. The van der Waals surface area contributed by atoms with Crippen LogP contribution in [-0.4, -0.2) is 122 Å². The Morgan fingerprint density at radius 3 is 2.07 bits per heavy atom. The van der Waals surface area contributed by atoms with Crippen molar-refractivity contribution in [3.05, 3.63) is 48.0 Å². The fourth-order valence-electron chi connectivity index (χ4n) is 6.66. The largest absolute Gasteiger partial charge is 0.481 e. The molecule has 1 heterocycles. The Hall–Kier alpha value is -6.11. The van der Waals surface area contributed by atoms with Gasteiger partial charge in [0.05, 0.1) is 19.1 Å². The number of nitrogens with zero attached hydrogens (tertiary/aromatic N) is 1. The molecule has 0 bridgehead atoms. The molecule has 8 N–H and O–H groups in total. The topological polar surface area (TPSA) is 287 Å². The zero-order valence-corrected chi connectivity index (χ0v) is 32.6. The molecule has 1 saturated carbocycles. The number of ether oxygens (including phenoxy) is 1. The number of nitrogens with one attached hydrogen (secondary N) is 5. The molecule has 314 valence electrons. The highest BCUT2D eigenvalue weighted by Crippen LogP contribution is 2.36. The standard InChI is InChI=1S/C39H50N6O13/c1-20(2)32(43-33(51)21(3)40-34(52)27(12-13-30(47)48)42-35(53)28(17-31(49)50)41-22(4)46)37(55)45-18-25(16-29(45)36(54)44-39(14-15-39)38(56)57)58-19-24-10-7-9-23-8-5-6-11-26(23)24/h5-11,20-21,25,27-29,32H,12-19H2,1-4H3,(H,40,52)(H,41,46)(H,42,53)(H,43,51)(H,44,54)(H,47,48)(H,49,50)(H,56,57)/t21-,25+,27+,28-,29-,32-/m0/s1. The third kappa shape index (κ3) is 11.7. The van der Waals surface area contributed by atoms with E-state index >= 15 is 0 Å². The van der Waals surface area contributed by atoms with Crippen molar-refractivity contribution >= 4 is 64.1 Å². The van der Waals surface area contributed by atoms with Gasteiger partial charge in [0, 0.05) is 26.3 Å². The maximum absolute atomic E-state index is 14.3. The lowest BCUT2D eigenvalue weighted by Crippen LogP contribution is -2.60. The van der Waals surface area contributed by atoms with E-state index < -0.39 is 120 Å². The second-order valence-corrected chi connectivity index (χ2v) is 15.0. The highest BCUT2D eigenvalue weighted by atomic mass is 16.5. The first-order valence-corrected chi connectivity index (χ1v) is 18.9. The number of carbonyl (C=O) groups excluding carboxylic acids is 6. The van der Waals surface area contributed by atoms with Crippen LogP contribution in [-0.2, 0) is 54.5 Å². The zero-order chi connectivity index (χ0) is 42.9. The van der Waals surface area contributed by atoms with E-state index in [2.05, 4.69) is 26.6 Å². The van der Waals surface area contributed by atoms with Crippen molar-refractivity contribution in [2.24, 2.45) is 5.92 Å². The van der Waals surface area contributed by atoms with Gasteiger partial charge in [-0.1, -0.05) is 56.3 Å². The molecule has 0 aromatic heterocycles. The minimum atomic E-state index is -1.59. The maximum Gasteiger partial charge on any atom is 0.329 e. The van der Waals surface area contributed by atoms with Crippen LogP contribution in [0.5, 0.6) is 0 Å². The Kier molecular flexibility index (Phi) is 14.9. The normalized spacial score (nSPS) is 18.9. The van der Waals surface area contributed by atoms with Crippen molar-refractivity contribution in [2.75, 3.05) is 6.54 Å². The van der Waals surface area contributed by atoms with Crippen LogP contribution < -0.4 is 26.6 Å². The Morgan fingerprint density at radius 2 is 1.47 bits per heavy atom. The summed E-state index contributed by atoms with van der Waals surface area (Å²) < 4.78 is 6.25. The molecule has 58 heavy (non-hydrogen) atoms. The summed E-state index contributed by atoms with van der Waals surface area (Å²) in [5.74, 6) is -9.51. The first-order chi connectivity index (χ1) is 27.3. The molecule has 19 nitrogen and oxygen atoms in total. The molecule has 19 heteroatoms. The molecule has 1 aliphatic heterocycles. The minimum Gasteiger partial charge on any atom is -0.481 e. The molecular formula is C39H50N6O13. The first kappa shape index (κ1) is 44.6. The van der Waals surface area contributed by atoms with Gasteiger partial charge in [0.2, 0.25) is 35.4 Å². The SMILES string of the molecule is CC(=O)N[C@@H](CC(=O)O)C(=O)N[C@H](CCC(=O)O)C(=O)N[C@@H](C)C(=O)N[C@H](C(=O)N1C[C@H](OCc2cccc3ccccc23)C[C@H]1C(=O)NC1(C(=O)O)CC1)C(C)C. The molecule has 1 saturated heterocycles. The number of aliphatic carboxylic acids is 3. The Labute approximate surface area is 333 Å². The molecule has 0 radical (unpaired) electrons. The quantitative estimate of drug-likeness (QED) is 0.0878. The van der Waals surface area contributed by atoms with E-state index in [1.807, 2.05) is 42.5 Å². The van der Waals surface area contributed by atoms with Crippen molar-refractivity contribution < 1.29 is 63.2 Å². The van der Waals surface area contributed by atoms with E-state index in [1.165, 1.54) is 11.8 Å². The molecule has 0 spiro atoms. The van der Waals surface area contributed by atoms with Crippen LogP contribution in [0.15, 0.2) is 42.5 Å². The molecular weight excluding hydrogens is 760 g/mol. The van der Waals surface area contributed by atoms with Gasteiger partial charge >= 0.3 is 17.9 Å². The second kappa shape index (κ2) is 19.4. The predicted molar refractivity (Wildman–Crippen MR) is 203 cm³/mol. The number of hydrogen-bond acceptors (Lipinski definition) is 10. The molecule has 2 aliphatic rings. The van der Waals surface area contributed by atoms with Crippen LogP contribution in [0.4, 0.5) is 0 Å². The number of benzene rings is 2. The van der Waals surface area contributed by atoms with Crippen LogP contribution in [0.25, 0.3) is 10.8 Å². The average molecular weight is 811 g/mol. The fourth-order valence-corrected chi connectivity index (χ4v) is 6.66. The van der Waals surface area contributed by atoms with Crippen molar-refractivity contribution in [2.45, 2.75) is 115 Å². The number of carboxylic acid groups (broad SMARTS) is 3. The van der Waals surface area contributed by atoms with E-state index in [4.69, 9.17) is 4.74 Å². The molecule has 6 amide bonds. The minimum absolute atomic E-state index is 0.0436. The summed E-state index contributed by atoms with van der Waals surface area (Å²) in [6.07, 6.45) is -2.04. The van der Waals surface area contributed by atoms with Crippen molar-refractivity contribution in [3.8, 4) is 0 Å². The molecule has 0 unspecified atom stereocenters. The smallest absolute Gasteiger partial charge is 0.329 e. The van der Waals surface area contributed by atoms with Gasteiger partial charge in [0.1, 0.15) is 35.7 Å². The van der Waals surface area contributed by atoms with Crippen LogP contribution in [0.2, 0.25) is 0 Å². The van der Waals surface area contributed by atoms with Crippen LogP contribution in [0, 0.1) is 5.92 Å². The summed E-state index contributed by atoms with van der Waals surface area (Å²) in [6, 6.07) is 6.57. The molecule has 1 aliphatic carbocycles. The monoisotopic (exact) mass is 810 g/mol. The lowest BCUT2D eigenvalue weighted by Gasteiger charge is -2.31. The number of carboxylic acids is 3. The number of amides is 6. The molecule has 2 aromatic carbocycles. The maximum atomic E-state index is 14.3. The highest BCUT2D eigenvalue weighted by molar-refractivity contribution is 5.98. The number of likely N-dealkylation sites (tertiary alicyclic amines) is 1. The Morgan fingerprint density at radius 1 is 0.810 bits per heavy atom. The van der Waals surface area contributed by atoms with Crippen LogP contribution in [0.1, 0.15) is 71.8 Å². The summed E-state index contributed by atoms with van der Waals surface area (Å²) in [7, 11) is 0. The molecule has 4 rings (SSSR count). The number of hydrogen-bond donors (Lipinski definition) is 8. The first-order valence-electron chi connectivity index (χ1n) is 18.9. The van der Waals surface area contributed by atoms with E-state index in [0.29, 0.717) is 0 Å². The van der Waals surface area contributed by atoms with Crippen molar-refractivity contribution in [1.82, 2.24) is 31.5 Å². The van der Waals surface area contributed by atoms with Crippen molar-refractivity contribution in [3.63, 3.8) is 0 Å². The van der Waals surface area contributed by atoms with Gasteiger partial charge in [0.15, 0.2) is 0 Å². The summed E-state index contributed by atoms with van der Waals surface area (Å²) >= 11 is 0. The third-order valence-electron chi connectivity index (χ3n) is 10.1. The predicted octanol–water partition coefficient (Wildman–Crippen LogP) is 0.0338. The van der Waals surface area contributed by atoms with Gasteiger partial charge in [-0.3, -0.25) is 38.4 Å². The second-order valence-electron chi connectivity index (χ2n) is 15.0. The van der Waals surface area contributed by atoms with E-state index in [0.717, 1.165) is 23.3 Å². The summed E-state index contributed by atoms with van der Waals surface area (Å²) in [5, 5.41) is 42.1. The average Bonchev–Trinajstić information content (AvgIpc) is 3.82. The van der Waals surface area contributed by atoms with Gasteiger partial charge in [-0.05, 0) is 48.4 Å². The number of fused-ring (bicyclic) bond motifs is 1. The van der Waals surface area contributed by atoms with Gasteiger partial charge in [-0.25, -0.2) is 4.79 Å². The van der Waals surface area contributed by atoms with E-state index in [9.17, 15) is 58.5 Å². The zero-order valence-electron chi connectivity index (χ0n) is 32.6. The summed E-state index contributed by atoms with van der Waals surface area (Å²) in [4.78, 5) is 115. The summed E-state index contributed by atoms with van der Waals surface area (Å²) in [6.45, 7) is 5.72. The van der Waals surface area contributed by atoms with E-state index in [1.54, 1.807) is 13.8 Å².